The predicted octanol–water partition coefficient (Wildman–Crippen LogP) is 6.86. The van der Waals surface area contributed by atoms with Gasteiger partial charge in [-0.3, -0.25) is 4.90 Å². The number of halogens is 7. The molecule has 4 rings (SSSR count). The molecule has 1 aromatic carbocycles. The lowest BCUT2D eigenvalue weighted by atomic mass is 9.87. The molecule has 0 aromatic heterocycles. The molecule has 3 fully saturated rings. The summed E-state index contributed by atoms with van der Waals surface area (Å²) < 4.78 is 88.5. The Morgan fingerprint density at radius 2 is 1.61 bits per heavy atom. The van der Waals surface area contributed by atoms with Crippen LogP contribution in [0.2, 0.25) is 5.02 Å². The lowest BCUT2D eigenvalue weighted by Gasteiger charge is -2.45. The predicted molar refractivity (Wildman–Crippen MR) is 152 cm³/mol. The minimum atomic E-state index is -5.62. The second kappa shape index (κ2) is 13.0. The van der Waals surface area contributed by atoms with Crippen molar-refractivity contribution < 1.29 is 45.8 Å². The molecule has 15 heteroatoms. The topological polar surface area (TPSA) is 76.6 Å². The first kappa shape index (κ1) is 34.3. The van der Waals surface area contributed by atoms with Gasteiger partial charge in [0.1, 0.15) is 5.60 Å². The number of hydrogen-bond acceptors (Lipinski definition) is 5. The summed E-state index contributed by atoms with van der Waals surface area (Å²) in [5, 5.41) is 9.72. The SMILES string of the molecule is CC(C)(C)OC(=O)N1CCCC1C1CCN(c2cc(Cl)ccc2CN2CCN(C(=O)O)CC2C(C(F)(F)F)C(F)(F)F)CC1. The molecule has 1 N–H and O–H groups in total. The zero-order chi connectivity index (χ0) is 32.6. The van der Waals surface area contributed by atoms with E-state index in [-0.39, 0.29) is 37.7 Å². The molecular weight excluding hydrogens is 618 g/mol. The van der Waals surface area contributed by atoms with Crippen molar-refractivity contribution in [1.29, 1.82) is 0 Å². The average Bonchev–Trinajstić information content (AvgIpc) is 3.38. The van der Waals surface area contributed by atoms with Crippen molar-refractivity contribution in [3.05, 3.63) is 28.8 Å². The molecule has 2 unspecified atom stereocenters. The quantitative estimate of drug-likeness (QED) is 0.349. The molecule has 3 aliphatic rings. The van der Waals surface area contributed by atoms with Gasteiger partial charge in [-0.05, 0) is 70.1 Å². The first-order valence-corrected chi connectivity index (χ1v) is 15.1. The van der Waals surface area contributed by atoms with Crippen LogP contribution in [0.15, 0.2) is 18.2 Å². The van der Waals surface area contributed by atoms with Crippen molar-refractivity contribution in [2.45, 2.75) is 83.0 Å². The molecule has 2 amide bonds. The number of nitrogens with zero attached hydrogens (tertiary/aromatic N) is 4. The van der Waals surface area contributed by atoms with Crippen LogP contribution in [-0.2, 0) is 11.3 Å². The molecule has 3 heterocycles. The smallest absolute Gasteiger partial charge is 0.410 e. The number of carboxylic acid groups (broad SMARTS) is 1. The van der Waals surface area contributed by atoms with Crippen LogP contribution < -0.4 is 4.90 Å². The maximum atomic E-state index is 13.8. The summed E-state index contributed by atoms with van der Waals surface area (Å²) in [5.41, 5.74) is 0.498. The van der Waals surface area contributed by atoms with Gasteiger partial charge >= 0.3 is 24.5 Å². The molecule has 0 spiro atoms. The number of carbonyl (C=O) groups excluding carboxylic acids is 1. The van der Waals surface area contributed by atoms with Crippen LogP contribution in [0.1, 0.15) is 52.0 Å². The van der Waals surface area contributed by atoms with E-state index in [9.17, 15) is 41.0 Å². The van der Waals surface area contributed by atoms with E-state index < -0.39 is 42.6 Å². The summed E-state index contributed by atoms with van der Waals surface area (Å²) >= 11 is 6.30. The molecule has 3 aliphatic heterocycles. The summed E-state index contributed by atoms with van der Waals surface area (Å²) in [6.07, 6.45) is -9.99. The first-order valence-electron chi connectivity index (χ1n) is 14.7. The van der Waals surface area contributed by atoms with Crippen molar-refractivity contribution >= 4 is 29.5 Å². The summed E-state index contributed by atoms with van der Waals surface area (Å²) in [4.78, 5) is 29.9. The highest BCUT2D eigenvalue weighted by atomic mass is 35.5. The van der Waals surface area contributed by atoms with Gasteiger partial charge in [0.15, 0.2) is 5.92 Å². The number of likely N-dealkylation sites (tertiary alicyclic amines) is 1. The first-order chi connectivity index (χ1) is 20.3. The van der Waals surface area contributed by atoms with E-state index in [0.717, 1.165) is 30.6 Å². The van der Waals surface area contributed by atoms with Gasteiger partial charge in [-0.1, -0.05) is 17.7 Å². The lowest BCUT2D eigenvalue weighted by Crippen LogP contribution is -2.62. The number of carbonyl (C=O) groups is 2. The van der Waals surface area contributed by atoms with Gasteiger partial charge in [-0.15, -0.1) is 0 Å². The number of ether oxygens (including phenoxy) is 1. The normalized spacial score (nSPS) is 23.0. The summed E-state index contributed by atoms with van der Waals surface area (Å²) in [6.45, 7) is 5.48. The number of hydrogen-bond donors (Lipinski definition) is 1. The fraction of sp³-hybridized carbons (Fsp3) is 0.724. The fourth-order valence-electron chi connectivity index (χ4n) is 6.69. The van der Waals surface area contributed by atoms with Crippen LogP contribution in [0.3, 0.4) is 0 Å². The molecule has 0 aliphatic carbocycles. The van der Waals surface area contributed by atoms with E-state index in [1.54, 1.807) is 17.0 Å². The molecule has 8 nitrogen and oxygen atoms in total. The van der Waals surface area contributed by atoms with E-state index in [1.807, 2.05) is 25.7 Å². The standard InChI is InChI=1S/C29H39ClF6N4O4/c1-27(2,3)44-26(43)40-10-4-5-21(40)18-8-11-37(12-9-18)22-15-20(30)7-6-19(22)16-38-13-14-39(25(41)42)17-23(38)24(28(31,32)33)29(34,35)36/h6-7,15,18,21,23-24H,4-5,8-14,16-17H2,1-3H3,(H,41,42). The van der Waals surface area contributed by atoms with Crippen LogP contribution in [-0.4, -0.2) is 101 Å². The van der Waals surface area contributed by atoms with E-state index in [1.165, 1.54) is 6.07 Å². The Kier molecular flexibility index (Phi) is 10.1. The molecule has 0 saturated carbocycles. The Morgan fingerprint density at radius 1 is 0.977 bits per heavy atom. The Labute approximate surface area is 257 Å². The zero-order valence-corrected chi connectivity index (χ0v) is 25.7. The Morgan fingerprint density at radius 3 is 2.18 bits per heavy atom. The number of amides is 2. The van der Waals surface area contributed by atoms with E-state index in [2.05, 4.69) is 0 Å². The number of piperazine rings is 1. The minimum Gasteiger partial charge on any atom is -0.465 e. The number of piperidine rings is 1. The van der Waals surface area contributed by atoms with E-state index >= 15 is 0 Å². The number of benzene rings is 1. The number of alkyl halides is 6. The maximum Gasteiger partial charge on any atom is 0.410 e. The molecule has 3 saturated heterocycles. The second-order valence-electron chi connectivity index (χ2n) is 12.8. The third-order valence-corrected chi connectivity index (χ3v) is 8.90. The Bertz CT molecular complexity index is 1170. The third kappa shape index (κ3) is 8.15. The number of anilines is 1. The Hall–Kier alpha value is -2.61. The third-order valence-electron chi connectivity index (χ3n) is 8.67. The fourth-order valence-corrected chi connectivity index (χ4v) is 6.86. The van der Waals surface area contributed by atoms with Crippen LogP contribution in [0.4, 0.5) is 41.6 Å². The highest BCUT2D eigenvalue weighted by Gasteiger charge is 2.62. The highest BCUT2D eigenvalue weighted by Crippen LogP contribution is 2.44. The number of rotatable bonds is 5. The maximum absolute atomic E-state index is 13.8. The van der Waals surface area contributed by atoms with Crippen molar-refractivity contribution in [2.24, 2.45) is 11.8 Å². The van der Waals surface area contributed by atoms with E-state index in [0.29, 0.717) is 40.8 Å². The van der Waals surface area contributed by atoms with Crippen molar-refractivity contribution in [2.75, 3.05) is 44.2 Å². The summed E-state index contributed by atoms with van der Waals surface area (Å²) in [7, 11) is 0. The second-order valence-corrected chi connectivity index (χ2v) is 13.2. The van der Waals surface area contributed by atoms with Gasteiger partial charge in [-0.25, -0.2) is 9.59 Å². The molecular formula is C29H39ClF6N4O4. The molecule has 44 heavy (non-hydrogen) atoms. The molecule has 2 atom stereocenters. The Balaban J connectivity index is 1.52. The van der Waals surface area contributed by atoms with Crippen LogP contribution in [0.25, 0.3) is 0 Å². The van der Waals surface area contributed by atoms with Crippen LogP contribution >= 0.6 is 11.6 Å². The van der Waals surface area contributed by atoms with Crippen molar-refractivity contribution in [3.8, 4) is 0 Å². The monoisotopic (exact) mass is 656 g/mol. The lowest BCUT2D eigenvalue weighted by molar-refractivity contribution is -0.302. The largest absolute Gasteiger partial charge is 0.465 e. The van der Waals surface area contributed by atoms with Crippen molar-refractivity contribution in [1.82, 2.24) is 14.7 Å². The van der Waals surface area contributed by atoms with Gasteiger partial charge in [0.05, 0.1) is 0 Å². The molecule has 0 bridgehead atoms. The van der Waals surface area contributed by atoms with Crippen LogP contribution in [0.5, 0.6) is 0 Å². The zero-order valence-electron chi connectivity index (χ0n) is 24.9. The summed E-state index contributed by atoms with van der Waals surface area (Å²) in [5.74, 6) is -3.51. The molecule has 1 aromatic rings. The minimum absolute atomic E-state index is 0.0267. The highest BCUT2D eigenvalue weighted by molar-refractivity contribution is 6.30. The van der Waals surface area contributed by atoms with Gasteiger partial charge in [-0.2, -0.15) is 26.3 Å². The molecule has 0 radical (unpaired) electrons. The van der Waals surface area contributed by atoms with Gasteiger partial charge < -0.3 is 24.5 Å². The van der Waals surface area contributed by atoms with Gasteiger partial charge in [0.25, 0.3) is 0 Å². The molecule has 248 valence electrons. The van der Waals surface area contributed by atoms with Crippen LogP contribution in [0, 0.1) is 11.8 Å². The average molecular weight is 657 g/mol. The van der Waals surface area contributed by atoms with E-state index in [4.69, 9.17) is 16.3 Å². The summed E-state index contributed by atoms with van der Waals surface area (Å²) in [6, 6.07) is 2.67. The van der Waals surface area contributed by atoms with Gasteiger partial charge in [0.2, 0.25) is 0 Å². The van der Waals surface area contributed by atoms with Gasteiger partial charge in [0, 0.05) is 68.6 Å². The van der Waals surface area contributed by atoms with Crippen molar-refractivity contribution in [3.63, 3.8) is 0 Å².